The predicted octanol–water partition coefficient (Wildman–Crippen LogP) is 1.48. The van der Waals surface area contributed by atoms with Gasteiger partial charge in [-0.1, -0.05) is 11.6 Å². The summed E-state index contributed by atoms with van der Waals surface area (Å²) in [5.74, 6) is -1.81. The summed E-state index contributed by atoms with van der Waals surface area (Å²) in [4.78, 5) is 20.5. The van der Waals surface area contributed by atoms with Crippen molar-refractivity contribution in [1.82, 2.24) is 14.5 Å². The van der Waals surface area contributed by atoms with Crippen molar-refractivity contribution in [3.05, 3.63) is 57.5 Å². The van der Waals surface area contributed by atoms with Crippen LogP contribution in [0.2, 0.25) is 5.15 Å². The molecule has 3 aromatic rings. The van der Waals surface area contributed by atoms with Crippen molar-refractivity contribution in [2.75, 3.05) is 18.5 Å². The lowest BCUT2D eigenvalue weighted by atomic mass is 10.2. The van der Waals surface area contributed by atoms with Crippen LogP contribution in [0.15, 0.2) is 35.1 Å². The average Bonchev–Trinajstić information content (AvgIpc) is 2.60. The molecule has 3 N–H and O–H groups in total. The Morgan fingerprint density at radius 3 is 2.54 bits per heavy atom. The summed E-state index contributed by atoms with van der Waals surface area (Å²) in [6.07, 6.45) is 0. The molecule has 2 aromatic heterocycles. The van der Waals surface area contributed by atoms with Crippen LogP contribution in [-0.2, 0) is 0 Å². The smallest absolute Gasteiger partial charge is 0.256 e. The molecule has 0 atom stereocenters. The lowest BCUT2D eigenvalue weighted by Crippen LogP contribution is -2.29. The van der Waals surface area contributed by atoms with E-state index in [1.807, 2.05) is 0 Å². The number of aromatic nitrogens is 3. The Hall–Kier alpha value is -2.62. The van der Waals surface area contributed by atoms with E-state index in [4.69, 9.17) is 21.8 Å². The Bertz CT molecular complexity index is 1020. The van der Waals surface area contributed by atoms with Crippen molar-refractivity contribution in [2.45, 2.75) is 6.04 Å². The molecule has 0 spiro atoms. The van der Waals surface area contributed by atoms with Crippen LogP contribution in [0.1, 0.15) is 0 Å². The fourth-order valence-electron chi connectivity index (χ4n) is 2.37. The molecule has 0 amide bonds. The first kappa shape index (κ1) is 18.2. The number of aliphatic hydroxyl groups is 2. The number of nitrogens with one attached hydrogen (secondary N) is 1. The van der Waals surface area contributed by atoms with Crippen molar-refractivity contribution < 1.29 is 19.0 Å². The zero-order valence-electron chi connectivity index (χ0n) is 13.2. The fraction of sp³-hybridized carbons (Fsp3) is 0.188. The molecule has 0 aliphatic carbocycles. The van der Waals surface area contributed by atoms with Crippen molar-refractivity contribution in [1.29, 1.82) is 0 Å². The second kappa shape index (κ2) is 7.32. The number of aliphatic hydroxyl groups excluding tert-OH is 2. The van der Waals surface area contributed by atoms with Crippen LogP contribution < -0.4 is 10.9 Å². The summed E-state index contributed by atoms with van der Waals surface area (Å²) in [5, 5.41) is 21.2. The number of rotatable bonds is 5. The normalized spacial score (nSPS) is 11.3. The molecular weight excluding hydrogens is 370 g/mol. The van der Waals surface area contributed by atoms with Crippen LogP contribution >= 0.6 is 11.6 Å². The Balaban J connectivity index is 2.26. The van der Waals surface area contributed by atoms with Gasteiger partial charge < -0.3 is 15.5 Å². The third-order valence-corrected chi connectivity index (χ3v) is 3.92. The zero-order valence-corrected chi connectivity index (χ0v) is 13.9. The maximum atomic E-state index is 14.2. The van der Waals surface area contributed by atoms with Gasteiger partial charge in [-0.25, -0.2) is 13.8 Å². The van der Waals surface area contributed by atoms with E-state index < -0.39 is 36.4 Å². The van der Waals surface area contributed by atoms with Crippen LogP contribution in [0.3, 0.4) is 0 Å². The van der Waals surface area contributed by atoms with E-state index in [1.54, 1.807) is 0 Å². The van der Waals surface area contributed by atoms with E-state index in [0.717, 1.165) is 22.8 Å². The summed E-state index contributed by atoms with van der Waals surface area (Å²) in [6, 6.07) is 4.57. The summed E-state index contributed by atoms with van der Waals surface area (Å²) in [5.41, 5.74) is -0.826. The SMILES string of the molecule is O=c1ccc2c(Cl)nc(NC(CO)CO)nc2n1-c1ccc(F)cc1F. The molecule has 136 valence electrons. The minimum atomic E-state index is -0.951. The maximum absolute atomic E-state index is 14.2. The molecule has 0 bridgehead atoms. The van der Waals surface area contributed by atoms with E-state index in [9.17, 15) is 13.6 Å². The Morgan fingerprint density at radius 2 is 1.88 bits per heavy atom. The third-order valence-electron chi connectivity index (χ3n) is 3.63. The first-order valence-electron chi connectivity index (χ1n) is 7.47. The van der Waals surface area contributed by atoms with E-state index in [-0.39, 0.29) is 27.8 Å². The molecule has 0 fully saturated rings. The van der Waals surface area contributed by atoms with Gasteiger partial charge in [0.2, 0.25) is 5.95 Å². The van der Waals surface area contributed by atoms with Gasteiger partial charge in [0.05, 0.1) is 30.3 Å². The highest BCUT2D eigenvalue weighted by molar-refractivity contribution is 6.34. The van der Waals surface area contributed by atoms with Gasteiger partial charge in [-0.15, -0.1) is 0 Å². The average molecular weight is 383 g/mol. The lowest BCUT2D eigenvalue weighted by Gasteiger charge is -2.15. The Labute approximate surface area is 150 Å². The number of anilines is 1. The Morgan fingerprint density at radius 1 is 1.15 bits per heavy atom. The highest BCUT2D eigenvalue weighted by atomic mass is 35.5. The predicted molar refractivity (Wildman–Crippen MR) is 91.6 cm³/mol. The number of hydrogen-bond donors (Lipinski definition) is 3. The van der Waals surface area contributed by atoms with Gasteiger partial charge in [0.25, 0.3) is 5.56 Å². The van der Waals surface area contributed by atoms with Crippen molar-refractivity contribution in [2.24, 2.45) is 0 Å². The molecule has 2 heterocycles. The first-order chi connectivity index (χ1) is 12.4. The molecule has 3 rings (SSSR count). The quantitative estimate of drug-likeness (QED) is 0.578. The van der Waals surface area contributed by atoms with Crippen molar-refractivity contribution >= 4 is 28.6 Å². The van der Waals surface area contributed by atoms with Gasteiger partial charge in [0.15, 0.2) is 5.65 Å². The summed E-state index contributed by atoms with van der Waals surface area (Å²) in [7, 11) is 0. The molecule has 1 aromatic carbocycles. The molecule has 0 aliphatic rings. The van der Waals surface area contributed by atoms with Crippen LogP contribution in [-0.4, -0.2) is 44.0 Å². The summed E-state index contributed by atoms with van der Waals surface area (Å²) < 4.78 is 28.3. The van der Waals surface area contributed by atoms with Gasteiger partial charge >= 0.3 is 0 Å². The highest BCUT2D eigenvalue weighted by Crippen LogP contribution is 2.24. The van der Waals surface area contributed by atoms with Gasteiger partial charge in [-0.2, -0.15) is 4.98 Å². The number of benzene rings is 1. The molecular formula is C16H13ClF2N4O3. The van der Waals surface area contributed by atoms with Crippen molar-refractivity contribution in [3.63, 3.8) is 0 Å². The standard InChI is InChI=1S/C16H13ClF2N4O3/c17-14-10-2-4-13(26)23(12-3-1-8(18)5-11(12)19)15(10)22-16(21-14)20-9(6-24)7-25/h1-5,9,24-25H,6-7H2,(H,20,21,22). The van der Waals surface area contributed by atoms with Crippen LogP contribution in [0.5, 0.6) is 0 Å². The van der Waals surface area contributed by atoms with Gasteiger partial charge in [0, 0.05) is 12.1 Å². The number of halogens is 3. The number of nitrogens with zero attached hydrogens (tertiary/aromatic N) is 3. The molecule has 0 saturated heterocycles. The third kappa shape index (κ3) is 3.36. The van der Waals surface area contributed by atoms with Crippen molar-refractivity contribution in [3.8, 4) is 5.69 Å². The largest absolute Gasteiger partial charge is 0.394 e. The lowest BCUT2D eigenvalue weighted by molar-refractivity contribution is 0.203. The monoisotopic (exact) mass is 382 g/mol. The fourth-order valence-corrected chi connectivity index (χ4v) is 2.60. The zero-order chi connectivity index (χ0) is 18.8. The summed E-state index contributed by atoms with van der Waals surface area (Å²) in [6.45, 7) is -0.798. The molecule has 7 nitrogen and oxygen atoms in total. The van der Waals surface area contributed by atoms with Gasteiger partial charge in [0.1, 0.15) is 16.8 Å². The molecule has 26 heavy (non-hydrogen) atoms. The number of pyridine rings is 1. The van der Waals surface area contributed by atoms with Gasteiger partial charge in [-0.05, 0) is 18.2 Å². The highest BCUT2D eigenvalue weighted by Gasteiger charge is 2.17. The van der Waals surface area contributed by atoms with Crippen LogP contribution in [0.25, 0.3) is 16.7 Å². The maximum Gasteiger partial charge on any atom is 0.256 e. The van der Waals surface area contributed by atoms with E-state index >= 15 is 0 Å². The minimum absolute atomic E-state index is 0.0138. The molecule has 10 heteroatoms. The summed E-state index contributed by atoms with van der Waals surface area (Å²) >= 11 is 6.12. The van der Waals surface area contributed by atoms with E-state index in [1.165, 1.54) is 6.07 Å². The molecule has 0 aliphatic heterocycles. The molecule has 0 saturated carbocycles. The first-order valence-corrected chi connectivity index (χ1v) is 7.85. The topological polar surface area (TPSA) is 100 Å². The van der Waals surface area contributed by atoms with Crippen LogP contribution in [0, 0.1) is 11.6 Å². The Kier molecular flexibility index (Phi) is 5.12. The molecule has 0 unspecified atom stereocenters. The number of hydrogen-bond acceptors (Lipinski definition) is 6. The second-order valence-corrected chi connectivity index (χ2v) is 5.74. The van der Waals surface area contributed by atoms with Crippen LogP contribution in [0.4, 0.5) is 14.7 Å². The van der Waals surface area contributed by atoms with E-state index in [2.05, 4.69) is 15.3 Å². The second-order valence-electron chi connectivity index (χ2n) is 5.38. The van der Waals surface area contributed by atoms with E-state index in [0.29, 0.717) is 6.07 Å². The number of fused-ring (bicyclic) bond motifs is 1. The molecule has 0 radical (unpaired) electrons. The van der Waals surface area contributed by atoms with Gasteiger partial charge in [-0.3, -0.25) is 9.36 Å². The minimum Gasteiger partial charge on any atom is -0.394 e.